The molecule has 2 aromatic rings. The summed E-state index contributed by atoms with van der Waals surface area (Å²) in [6.45, 7) is 5.35. The van der Waals surface area contributed by atoms with Crippen LogP contribution in [0.25, 0.3) is 0 Å². The molecule has 0 saturated heterocycles. The van der Waals surface area contributed by atoms with Crippen LogP contribution in [0.2, 0.25) is 0 Å². The molecule has 0 radical (unpaired) electrons. The van der Waals surface area contributed by atoms with Gasteiger partial charge in [-0.3, -0.25) is 9.59 Å². The topological polar surface area (TPSA) is 84.5 Å². The van der Waals surface area contributed by atoms with E-state index in [4.69, 9.17) is 0 Å². The molecular formula is C20H28N2O4. The average Bonchev–Trinajstić information content (AvgIpc) is 2.58. The molecule has 2 N–H and O–H groups in total. The minimum atomic E-state index is -0.329. The number of rotatable bonds is 9. The van der Waals surface area contributed by atoms with Crippen LogP contribution in [0.3, 0.4) is 0 Å². The molecule has 26 heavy (non-hydrogen) atoms. The van der Waals surface area contributed by atoms with E-state index in [1.165, 1.54) is 24.5 Å². The van der Waals surface area contributed by atoms with Crippen LogP contribution in [0, 0.1) is 13.8 Å². The molecule has 0 aliphatic heterocycles. The number of aromatic nitrogens is 2. The van der Waals surface area contributed by atoms with Crippen molar-refractivity contribution in [1.29, 1.82) is 0 Å². The van der Waals surface area contributed by atoms with Gasteiger partial charge in [0.25, 0.3) is 0 Å². The van der Waals surface area contributed by atoms with Gasteiger partial charge in [-0.15, -0.1) is 0 Å². The summed E-state index contributed by atoms with van der Waals surface area (Å²) < 4.78 is 3.84. The zero-order chi connectivity index (χ0) is 19.1. The number of nitrogens with zero attached hydrogens (tertiary/aromatic N) is 2. The molecule has 0 bridgehead atoms. The minimum Gasteiger partial charge on any atom is -0.503 e. The molecule has 0 fully saturated rings. The first-order chi connectivity index (χ1) is 12.4. The lowest BCUT2D eigenvalue weighted by atomic mass is 10.1. The Morgan fingerprint density at radius 3 is 1.42 bits per heavy atom. The molecule has 2 rings (SSSR count). The fraction of sp³-hybridized carbons (Fsp3) is 0.500. The van der Waals surface area contributed by atoms with Gasteiger partial charge in [-0.1, -0.05) is 25.7 Å². The predicted octanol–water partition coefficient (Wildman–Crippen LogP) is 3.08. The number of unbranched alkanes of at least 4 members (excludes halogenated alkanes) is 5. The fourth-order valence-electron chi connectivity index (χ4n) is 3.07. The van der Waals surface area contributed by atoms with Crippen molar-refractivity contribution in [3.05, 3.63) is 56.4 Å². The molecule has 2 heterocycles. The average molecular weight is 360 g/mol. The predicted molar refractivity (Wildman–Crippen MR) is 102 cm³/mol. The molecule has 0 aromatic carbocycles. The van der Waals surface area contributed by atoms with E-state index in [1.807, 2.05) is 23.0 Å². The number of aromatic hydroxyl groups is 2. The van der Waals surface area contributed by atoms with Crippen LogP contribution in [0.15, 0.2) is 34.1 Å². The van der Waals surface area contributed by atoms with Crippen LogP contribution >= 0.6 is 0 Å². The molecule has 0 spiro atoms. The SMILES string of the molecule is Cc1cc(=O)c(O)cn1CCCCCCCCn1cc(O)c(=O)cc1C. The van der Waals surface area contributed by atoms with Crippen molar-refractivity contribution >= 4 is 0 Å². The Morgan fingerprint density at radius 2 is 1.04 bits per heavy atom. The monoisotopic (exact) mass is 360 g/mol. The maximum atomic E-state index is 11.3. The van der Waals surface area contributed by atoms with Crippen LogP contribution in [-0.4, -0.2) is 19.3 Å². The number of hydrogen-bond donors (Lipinski definition) is 2. The van der Waals surface area contributed by atoms with Crippen molar-refractivity contribution < 1.29 is 10.2 Å². The zero-order valence-corrected chi connectivity index (χ0v) is 15.6. The van der Waals surface area contributed by atoms with Gasteiger partial charge in [-0.05, 0) is 26.7 Å². The molecule has 0 aliphatic carbocycles. The molecular weight excluding hydrogens is 332 g/mol. The molecule has 6 heteroatoms. The summed E-state index contributed by atoms with van der Waals surface area (Å²) in [7, 11) is 0. The lowest BCUT2D eigenvalue weighted by Crippen LogP contribution is -2.10. The second-order valence-corrected chi connectivity index (χ2v) is 6.84. The minimum absolute atomic E-state index is 0.195. The second kappa shape index (κ2) is 9.27. The van der Waals surface area contributed by atoms with E-state index in [0.29, 0.717) is 0 Å². The van der Waals surface area contributed by atoms with Gasteiger partial charge in [0, 0.05) is 49.0 Å². The van der Waals surface area contributed by atoms with Crippen molar-refractivity contribution in [2.75, 3.05) is 0 Å². The first-order valence-corrected chi connectivity index (χ1v) is 9.18. The van der Waals surface area contributed by atoms with Crippen molar-refractivity contribution in [3.8, 4) is 11.5 Å². The van der Waals surface area contributed by atoms with Crippen LogP contribution < -0.4 is 10.9 Å². The third kappa shape index (κ3) is 5.51. The molecule has 0 atom stereocenters. The molecule has 0 saturated carbocycles. The maximum absolute atomic E-state index is 11.3. The third-order valence-corrected chi connectivity index (χ3v) is 4.70. The lowest BCUT2D eigenvalue weighted by molar-refractivity contribution is 0.452. The fourth-order valence-corrected chi connectivity index (χ4v) is 3.07. The van der Waals surface area contributed by atoms with Crippen LogP contribution in [-0.2, 0) is 13.1 Å². The highest BCUT2D eigenvalue weighted by atomic mass is 16.3. The van der Waals surface area contributed by atoms with Crippen molar-refractivity contribution in [1.82, 2.24) is 9.13 Å². The Hall–Kier alpha value is -2.50. The first-order valence-electron chi connectivity index (χ1n) is 9.18. The smallest absolute Gasteiger partial charge is 0.223 e. The van der Waals surface area contributed by atoms with Gasteiger partial charge in [0.15, 0.2) is 11.5 Å². The van der Waals surface area contributed by atoms with E-state index in [-0.39, 0.29) is 22.4 Å². The standard InChI is InChI=1S/C20H28N2O4/c1-15-11-17(23)19(25)13-21(15)9-7-5-3-4-6-8-10-22-14-20(26)18(24)12-16(22)2/h11-14,25-26H,3-10H2,1-2H3. The summed E-state index contributed by atoms with van der Waals surface area (Å²) >= 11 is 0. The molecule has 0 amide bonds. The summed E-state index contributed by atoms with van der Waals surface area (Å²) in [4.78, 5) is 22.7. The largest absolute Gasteiger partial charge is 0.503 e. The Kier molecular flexibility index (Phi) is 7.06. The van der Waals surface area contributed by atoms with E-state index in [1.54, 1.807) is 0 Å². The van der Waals surface area contributed by atoms with Crippen molar-refractivity contribution in [3.63, 3.8) is 0 Å². The molecule has 2 aromatic heterocycles. The Balaban J connectivity index is 1.63. The summed E-state index contributed by atoms with van der Waals surface area (Å²) in [6.07, 6.45) is 9.53. The molecule has 142 valence electrons. The van der Waals surface area contributed by atoms with E-state index >= 15 is 0 Å². The quantitative estimate of drug-likeness (QED) is 0.673. The summed E-state index contributed by atoms with van der Waals surface area (Å²) in [5, 5.41) is 19.0. The summed E-state index contributed by atoms with van der Waals surface area (Å²) in [6, 6.07) is 2.93. The molecule has 6 nitrogen and oxygen atoms in total. The van der Waals surface area contributed by atoms with Crippen molar-refractivity contribution in [2.45, 2.75) is 65.5 Å². The van der Waals surface area contributed by atoms with Gasteiger partial charge in [0.05, 0.1) is 0 Å². The van der Waals surface area contributed by atoms with Gasteiger partial charge >= 0.3 is 0 Å². The van der Waals surface area contributed by atoms with Crippen LogP contribution in [0.5, 0.6) is 11.5 Å². The molecule has 0 aliphatic rings. The maximum Gasteiger partial charge on any atom is 0.223 e. The number of aryl methyl sites for hydroxylation is 4. The first kappa shape index (κ1) is 19.8. The van der Waals surface area contributed by atoms with E-state index in [2.05, 4.69) is 0 Å². The van der Waals surface area contributed by atoms with Crippen LogP contribution in [0.1, 0.15) is 49.9 Å². The van der Waals surface area contributed by atoms with E-state index in [0.717, 1.165) is 63.0 Å². The third-order valence-electron chi connectivity index (χ3n) is 4.70. The summed E-state index contributed by atoms with van der Waals surface area (Å²) in [5.41, 5.74) is 1.08. The van der Waals surface area contributed by atoms with Crippen molar-refractivity contribution in [2.24, 2.45) is 0 Å². The molecule has 0 unspecified atom stereocenters. The zero-order valence-electron chi connectivity index (χ0n) is 15.6. The van der Waals surface area contributed by atoms with E-state index in [9.17, 15) is 19.8 Å². The highest BCUT2D eigenvalue weighted by molar-refractivity contribution is 5.20. The van der Waals surface area contributed by atoms with Gasteiger partial charge in [-0.25, -0.2) is 0 Å². The number of hydrogen-bond acceptors (Lipinski definition) is 4. The van der Waals surface area contributed by atoms with Gasteiger partial charge < -0.3 is 19.3 Å². The van der Waals surface area contributed by atoms with Crippen LogP contribution in [0.4, 0.5) is 0 Å². The summed E-state index contributed by atoms with van der Waals surface area (Å²) in [5.74, 6) is -0.390. The Labute approximate surface area is 153 Å². The van der Waals surface area contributed by atoms with Gasteiger partial charge in [0.1, 0.15) is 0 Å². The van der Waals surface area contributed by atoms with Gasteiger partial charge in [0.2, 0.25) is 10.9 Å². The Bertz CT molecular complexity index is 780. The van der Waals surface area contributed by atoms with Gasteiger partial charge in [-0.2, -0.15) is 0 Å². The highest BCUT2D eigenvalue weighted by Gasteiger charge is 2.03. The highest BCUT2D eigenvalue weighted by Crippen LogP contribution is 2.11. The number of pyridine rings is 2. The normalized spacial score (nSPS) is 11.0. The lowest BCUT2D eigenvalue weighted by Gasteiger charge is -2.11. The Morgan fingerprint density at radius 1 is 0.692 bits per heavy atom. The van der Waals surface area contributed by atoms with E-state index < -0.39 is 0 Å². The second-order valence-electron chi connectivity index (χ2n) is 6.84.